The summed E-state index contributed by atoms with van der Waals surface area (Å²) in [6, 6.07) is 5.14. The van der Waals surface area contributed by atoms with E-state index in [9.17, 15) is 0 Å². The van der Waals surface area contributed by atoms with Gasteiger partial charge in [0, 0.05) is 10.9 Å². The summed E-state index contributed by atoms with van der Waals surface area (Å²) in [5.41, 5.74) is 7.18. The van der Waals surface area contributed by atoms with Crippen LogP contribution in [0.25, 0.3) is 11.0 Å². The smallest absolute Gasteiger partial charge is 0.176 e. The van der Waals surface area contributed by atoms with Crippen molar-refractivity contribution >= 4 is 11.0 Å². The van der Waals surface area contributed by atoms with E-state index in [1.54, 1.807) is 13.4 Å². The summed E-state index contributed by atoms with van der Waals surface area (Å²) in [6.07, 6.45) is 1.60. The van der Waals surface area contributed by atoms with E-state index in [-0.39, 0.29) is 6.61 Å². The van der Waals surface area contributed by atoms with Crippen LogP contribution in [-0.2, 0) is 0 Å². The fraction of sp³-hybridized carbons (Fsp3) is 0.273. The average molecular weight is 207 g/mol. The van der Waals surface area contributed by atoms with Crippen LogP contribution >= 0.6 is 0 Å². The summed E-state index contributed by atoms with van der Waals surface area (Å²) in [7, 11) is 1.56. The number of hydrogen-bond acceptors (Lipinski definition) is 4. The summed E-state index contributed by atoms with van der Waals surface area (Å²) in [6.45, 7) is -0.122. The van der Waals surface area contributed by atoms with Crippen LogP contribution in [0.15, 0.2) is 28.9 Å². The van der Waals surface area contributed by atoms with Gasteiger partial charge >= 0.3 is 0 Å². The molecule has 80 valence electrons. The number of ether oxygens (including phenoxy) is 1. The fourth-order valence-corrected chi connectivity index (χ4v) is 1.62. The first-order valence-electron chi connectivity index (χ1n) is 4.68. The number of methoxy groups -OCH3 is 1. The minimum Gasteiger partial charge on any atom is -0.492 e. The maximum Gasteiger partial charge on any atom is 0.176 e. The number of benzene rings is 1. The van der Waals surface area contributed by atoms with Gasteiger partial charge in [0.1, 0.15) is 0 Å². The Hall–Kier alpha value is -1.52. The van der Waals surface area contributed by atoms with Gasteiger partial charge in [-0.1, -0.05) is 12.1 Å². The Labute approximate surface area is 87.2 Å². The first-order valence-corrected chi connectivity index (χ1v) is 4.68. The second-order valence-corrected chi connectivity index (χ2v) is 3.32. The van der Waals surface area contributed by atoms with Gasteiger partial charge < -0.3 is 20.0 Å². The number of aliphatic hydroxyl groups is 1. The third kappa shape index (κ3) is 1.58. The van der Waals surface area contributed by atoms with Gasteiger partial charge in [0.2, 0.25) is 0 Å². The van der Waals surface area contributed by atoms with E-state index >= 15 is 0 Å². The second-order valence-electron chi connectivity index (χ2n) is 3.32. The lowest BCUT2D eigenvalue weighted by atomic mass is 10.1. The Morgan fingerprint density at radius 1 is 1.47 bits per heavy atom. The number of fused-ring (bicyclic) bond motifs is 1. The van der Waals surface area contributed by atoms with Crippen molar-refractivity contribution in [3.05, 3.63) is 30.0 Å². The molecular weight excluding hydrogens is 194 g/mol. The molecule has 0 spiro atoms. The molecule has 1 atom stereocenters. The molecule has 3 N–H and O–H groups in total. The molecule has 2 rings (SSSR count). The third-order valence-electron chi connectivity index (χ3n) is 2.41. The number of hydrogen-bond donors (Lipinski definition) is 2. The Morgan fingerprint density at radius 2 is 2.27 bits per heavy atom. The van der Waals surface area contributed by atoms with E-state index in [1.807, 2.05) is 18.2 Å². The van der Waals surface area contributed by atoms with Gasteiger partial charge in [0.25, 0.3) is 0 Å². The molecule has 2 aromatic rings. The summed E-state index contributed by atoms with van der Waals surface area (Å²) < 4.78 is 10.6. The normalized spacial score (nSPS) is 13.0. The van der Waals surface area contributed by atoms with Crippen LogP contribution in [0.5, 0.6) is 5.75 Å². The molecule has 0 bridgehead atoms. The van der Waals surface area contributed by atoms with Crippen LogP contribution in [0.1, 0.15) is 11.6 Å². The third-order valence-corrected chi connectivity index (χ3v) is 2.41. The van der Waals surface area contributed by atoms with Gasteiger partial charge in [-0.2, -0.15) is 0 Å². The molecule has 0 aliphatic heterocycles. The second kappa shape index (κ2) is 3.92. The van der Waals surface area contributed by atoms with E-state index in [1.165, 1.54) is 0 Å². The van der Waals surface area contributed by atoms with E-state index in [0.29, 0.717) is 11.3 Å². The van der Waals surface area contributed by atoms with Crippen molar-refractivity contribution in [2.45, 2.75) is 6.04 Å². The summed E-state index contributed by atoms with van der Waals surface area (Å²) in [5, 5.41) is 9.98. The lowest BCUT2D eigenvalue weighted by Gasteiger charge is -2.13. The zero-order valence-corrected chi connectivity index (χ0v) is 8.43. The summed E-state index contributed by atoms with van der Waals surface area (Å²) in [4.78, 5) is 0. The standard InChI is InChI=1S/C11H13NO3/c1-14-11-8(9(12)6-13)3-2-7-4-5-15-10(7)11/h2-5,9,13H,6,12H2,1H3. The number of nitrogens with two attached hydrogens (primary N) is 1. The van der Waals surface area contributed by atoms with E-state index in [4.69, 9.17) is 20.0 Å². The number of aliphatic hydroxyl groups excluding tert-OH is 1. The maximum absolute atomic E-state index is 9.02. The van der Waals surface area contributed by atoms with Gasteiger partial charge in [0.05, 0.1) is 26.0 Å². The van der Waals surface area contributed by atoms with Crippen LogP contribution in [0, 0.1) is 0 Å². The van der Waals surface area contributed by atoms with Crippen molar-refractivity contribution in [2.24, 2.45) is 5.73 Å². The van der Waals surface area contributed by atoms with Gasteiger partial charge in [-0.15, -0.1) is 0 Å². The van der Waals surface area contributed by atoms with E-state index in [2.05, 4.69) is 0 Å². The molecule has 4 nitrogen and oxygen atoms in total. The molecule has 0 amide bonds. The van der Waals surface area contributed by atoms with E-state index < -0.39 is 6.04 Å². The van der Waals surface area contributed by atoms with Crippen molar-refractivity contribution in [3.63, 3.8) is 0 Å². The molecule has 1 unspecified atom stereocenters. The fourth-order valence-electron chi connectivity index (χ4n) is 1.62. The Bertz CT molecular complexity index is 464. The molecule has 1 aromatic carbocycles. The SMILES string of the molecule is COc1c(C(N)CO)ccc2ccoc12. The van der Waals surface area contributed by atoms with Gasteiger partial charge in [-0.3, -0.25) is 0 Å². The van der Waals surface area contributed by atoms with Crippen molar-refractivity contribution in [2.75, 3.05) is 13.7 Å². The van der Waals surface area contributed by atoms with Crippen LogP contribution in [0.3, 0.4) is 0 Å². The highest BCUT2D eigenvalue weighted by Crippen LogP contribution is 2.33. The Kier molecular flexibility index (Phi) is 2.62. The van der Waals surface area contributed by atoms with Gasteiger partial charge in [0.15, 0.2) is 11.3 Å². The molecule has 0 saturated heterocycles. The zero-order valence-electron chi connectivity index (χ0n) is 8.43. The number of furan rings is 1. The highest BCUT2D eigenvalue weighted by atomic mass is 16.5. The predicted molar refractivity (Wildman–Crippen MR) is 56.8 cm³/mol. The quantitative estimate of drug-likeness (QED) is 0.798. The van der Waals surface area contributed by atoms with Crippen molar-refractivity contribution in [1.29, 1.82) is 0 Å². The van der Waals surface area contributed by atoms with Crippen molar-refractivity contribution in [3.8, 4) is 5.75 Å². The molecule has 0 aliphatic carbocycles. The predicted octanol–water partition coefficient (Wildman–Crippen LogP) is 1.43. The maximum atomic E-state index is 9.02. The number of rotatable bonds is 3. The van der Waals surface area contributed by atoms with Crippen molar-refractivity contribution in [1.82, 2.24) is 0 Å². The monoisotopic (exact) mass is 207 g/mol. The lowest BCUT2D eigenvalue weighted by molar-refractivity contribution is 0.264. The van der Waals surface area contributed by atoms with Crippen LogP contribution < -0.4 is 10.5 Å². The molecule has 0 radical (unpaired) electrons. The molecule has 1 aromatic heterocycles. The Balaban J connectivity index is 2.63. The van der Waals surface area contributed by atoms with Crippen LogP contribution in [-0.4, -0.2) is 18.8 Å². The minimum atomic E-state index is -0.450. The first-order chi connectivity index (χ1) is 7.27. The average Bonchev–Trinajstić information content (AvgIpc) is 2.74. The highest BCUT2D eigenvalue weighted by Gasteiger charge is 2.15. The zero-order chi connectivity index (χ0) is 10.8. The lowest BCUT2D eigenvalue weighted by Crippen LogP contribution is -2.15. The van der Waals surface area contributed by atoms with Gasteiger partial charge in [-0.25, -0.2) is 0 Å². The molecular formula is C11H13NO3. The Morgan fingerprint density at radius 3 is 2.93 bits per heavy atom. The van der Waals surface area contributed by atoms with Crippen LogP contribution in [0.4, 0.5) is 0 Å². The minimum absolute atomic E-state index is 0.122. The molecule has 0 fully saturated rings. The van der Waals surface area contributed by atoms with Crippen molar-refractivity contribution < 1.29 is 14.3 Å². The largest absolute Gasteiger partial charge is 0.492 e. The molecule has 0 aliphatic rings. The summed E-state index contributed by atoms with van der Waals surface area (Å²) >= 11 is 0. The molecule has 15 heavy (non-hydrogen) atoms. The van der Waals surface area contributed by atoms with E-state index in [0.717, 1.165) is 10.9 Å². The highest BCUT2D eigenvalue weighted by molar-refractivity contribution is 5.84. The topological polar surface area (TPSA) is 68.6 Å². The molecule has 4 heteroatoms. The molecule has 0 saturated carbocycles. The first kappa shape index (κ1) is 10.0. The van der Waals surface area contributed by atoms with Gasteiger partial charge in [-0.05, 0) is 6.07 Å². The summed E-state index contributed by atoms with van der Waals surface area (Å²) in [5.74, 6) is 0.596. The molecule has 1 heterocycles. The van der Waals surface area contributed by atoms with Crippen LogP contribution in [0.2, 0.25) is 0 Å².